The molecule has 0 aliphatic heterocycles. The molecule has 0 aliphatic rings. The second-order valence-corrected chi connectivity index (χ2v) is 3.52. The Hall–Kier alpha value is -3.03. The Bertz CT molecular complexity index is 675. The highest BCUT2D eigenvalue weighted by molar-refractivity contribution is 6.03. The van der Waals surface area contributed by atoms with Crippen molar-refractivity contribution in [3.8, 4) is 0 Å². The topological polar surface area (TPSA) is 118 Å². The molecule has 0 spiro atoms. The Kier molecular flexibility index (Phi) is 3.33. The van der Waals surface area contributed by atoms with Gasteiger partial charge in [0.25, 0.3) is 17.2 Å². The Morgan fingerprint density at radius 3 is 2.74 bits per heavy atom. The molecule has 19 heavy (non-hydrogen) atoms. The van der Waals surface area contributed by atoms with Gasteiger partial charge in [0, 0.05) is 12.3 Å². The van der Waals surface area contributed by atoms with Gasteiger partial charge < -0.3 is 10.3 Å². The van der Waals surface area contributed by atoms with Gasteiger partial charge in [-0.1, -0.05) is 12.1 Å². The van der Waals surface area contributed by atoms with Gasteiger partial charge in [-0.05, 0) is 6.07 Å². The summed E-state index contributed by atoms with van der Waals surface area (Å²) in [4.78, 5) is 38.7. The highest BCUT2D eigenvalue weighted by Gasteiger charge is 2.16. The zero-order chi connectivity index (χ0) is 13.8. The van der Waals surface area contributed by atoms with Crippen molar-refractivity contribution in [1.29, 1.82) is 0 Å². The van der Waals surface area contributed by atoms with Crippen LogP contribution in [0, 0.1) is 10.1 Å². The number of carbonyl (C=O) groups is 1. The van der Waals surface area contributed by atoms with Crippen molar-refractivity contribution >= 4 is 17.3 Å². The number of nitro benzene ring substituents is 1. The number of H-pyrrole nitrogens is 1. The summed E-state index contributed by atoms with van der Waals surface area (Å²) in [5.41, 5.74) is -0.647. The monoisotopic (exact) mass is 260 g/mol. The molecule has 1 aromatic carbocycles. The largest absolute Gasteiger partial charge is 0.325 e. The van der Waals surface area contributed by atoms with Gasteiger partial charge in [0.05, 0.1) is 11.1 Å². The number of benzene rings is 1. The van der Waals surface area contributed by atoms with Crippen LogP contribution in [0.5, 0.6) is 0 Å². The third-order valence-corrected chi connectivity index (χ3v) is 2.25. The first-order valence-corrected chi connectivity index (χ1v) is 5.17. The molecule has 1 heterocycles. The highest BCUT2D eigenvalue weighted by Crippen LogP contribution is 2.23. The lowest BCUT2D eigenvalue weighted by Gasteiger charge is -2.04. The summed E-state index contributed by atoms with van der Waals surface area (Å²) in [6.07, 6.45) is 2.08. The molecule has 1 amide bonds. The molecule has 0 bridgehead atoms. The molecule has 0 aliphatic carbocycles. The number of rotatable bonds is 3. The standard InChI is InChI=1S/C11H8N4O4/c16-10-6-12-8(5-13-10)11(17)14-7-3-1-2-4-9(7)15(18)19/h1-6H,(H,13,16)(H,14,17). The number of aromatic nitrogens is 2. The number of amides is 1. The number of para-hydroxylation sites is 2. The van der Waals surface area contributed by atoms with E-state index in [1.165, 1.54) is 18.2 Å². The Labute approximate surface area is 106 Å². The minimum atomic E-state index is -0.648. The molecule has 0 unspecified atom stereocenters. The zero-order valence-electron chi connectivity index (χ0n) is 9.49. The van der Waals surface area contributed by atoms with Crippen molar-refractivity contribution in [2.45, 2.75) is 0 Å². The van der Waals surface area contributed by atoms with Crippen molar-refractivity contribution in [3.63, 3.8) is 0 Å². The number of nitrogens with zero attached hydrogens (tertiary/aromatic N) is 2. The molecule has 8 nitrogen and oxygen atoms in total. The van der Waals surface area contributed by atoms with E-state index in [1.54, 1.807) is 6.07 Å². The third kappa shape index (κ3) is 2.80. The summed E-state index contributed by atoms with van der Waals surface area (Å²) in [5.74, 6) is -0.648. The molecule has 2 rings (SSSR count). The summed E-state index contributed by atoms with van der Waals surface area (Å²) in [6.45, 7) is 0. The maximum absolute atomic E-state index is 11.8. The average Bonchev–Trinajstić information content (AvgIpc) is 2.39. The normalized spacial score (nSPS) is 9.89. The van der Waals surface area contributed by atoms with Crippen LogP contribution in [-0.2, 0) is 0 Å². The molecule has 2 aromatic rings. The maximum Gasteiger partial charge on any atom is 0.292 e. The van der Waals surface area contributed by atoms with Crippen LogP contribution in [0.3, 0.4) is 0 Å². The molecule has 0 radical (unpaired) electrons. The SMILES string of the molecule is O=C(Nc1ccccc1[N+](=O)[O-])c1c[nH]c(=O)cn1. The van der Waals surface area contributed by atoms with Crippen LogP contribution in [0.25, 0.3) is 0 Å². The number of anilines is 1. The van der Waals surface area contributed by atoms with Gasteiger partial charge in [-0.2, -0.15) is 0 Å². The van der Waals surface area contributed by atoms with E-state index in [-0.39, 0.29) is 17.1 Å². The van der Waals surface area contributed by atoms with Gasteiger partial charge in [0.2, 0.25) is 0 Å². The lowest BCUT2D eigenvalue weighted by Crippen LogP contribution is -2.17. The van der Waals surface area contributed by atoms with Crippen LogP contribution in [0.15, 0.2) is 41.5 Å². The van der Waals surface area contributed by atoms with Gasteiger partial charge in [-0.25, -0.2) is 4.98 Å². The highest BCUT2D eigenvalue weighted by atomic mass is 16.6. The lowest BCUT2D eigenvalue weighted by molar-refractivity contribution is -0.383. The lowest BCUT2D eigenvalue weighted by atomic mass is 10.2. The van der Waals surface area contributed by atoms with Crippen molar-refractivity contribution in [2.75, 3.05) is 5.32 Å². The predicted octanol–water partition coefficient (Wildman–Crippen LogP) is 0.930. The first kappa shape index (κ1) is 12.4. The van der Waals surface area contributed by atoms with Crippen LogP contribution < -0.4 is 10.9 Å². The molecular formula is C11H8N4O4. The minimum absolute atomic E-state index is 0.0437. The fraction of sp³-hybridized carbons (Fsp3) is 0. The van der Waals surface area contributed by atoms with Gasteiger partial charge in [0.1, 0.15) is 11.4 Å². The summed E-state index contributed by atoms with van der Waals surface area (Å²) < 4.78 is 0. The molecule has 2 N–H and O–H groups in total. The van der Waals surface area contributed by atoms with E-state index >= 15 is 0 Å². The van der Waals surface area contributed by atoms with E-state index in [9.17, 15) is 19.7 Å². The number of nitro groups is 1. The second kappa shape index (κ2) is 5.08. The Morgan fingerprint density at radius 2 is 2.11 bits per heavy atom. The molecule has 1 aromatic heterocycles. The Morgan fingerprint density at radius 1 is 1.37 bits per heavy atom. The van der Waals surface area contributed by atoms with E-state index in [4.69, 9.17) is 0 Å². The molecular weight excluding hydrogens is 252 g/mol. The van der Waals surface area contributed by atoms with Crippen molar-refractivity contribution in [1.82, 2.24) is 9.97 Å². The van der Waals surface area contributed by atoms with E-state index in [2.05, 4.69) is 15.3 Å². The van der Waals surface area contributed by atoms with Gasteiger partial charge >= 0.3 is 0 Å². The quantitative estimate of drug-likeness (QED) is 0.628. The molecule has 96 valence electrons. The second-order valence-electron chi connectivity index (χ2n) is 3.52. The molecule has 0 saturated heterocycles. The molecule has 8 heteroatoms. The van der Waals surface area contributed by atoms with Crippen molar-refractivity contribution < 1.29 is 9.72 Å². The van der Waals surface area contributed by atoms with E-state index in [0.717, 1.165) is 12.4 Å². The summed E-state index contributed by atoms with van der Waals surface area (Å²) >= 11 is 0. The molecule has 0 fully saturated rings. The third-order valence-electron chi connectivity index (χ3n) is 2.25. The van der Waals surface area contributed by atoms with Crippen LogP contribution in [0.1, 0.15) is 10.5 Å². The van der Waals surface area contributed by atoms with E-state index in [1.807, 2.05) is 0 Å². The van der Waals surface area contributed by atoms with E-state index in [0.29, 0.717) is 0 Å². The van der Waals surface area contributed by atoms with Crippen molar-refractivity contribution in [3.05, 3.63) is 62.8 Å². The van der Waals surface area contributed by atoms with Crippen LogP contribution in [0.2, 0.25) is 0 Å². The summed E-state index contributed by atoms with van der Waals surface area (Å²) in [7, 11) is 0. The van der Waals surface area contributed by atoms with Gasteiger partial charge in [0.15, 0.2) is 0 Å². The zero-order valence-corrected chi connectivity index (χ0v) is 9.49. The fourth-order valence-electron chi connectivity index (χ4n) is 1.39. The van der Waals surface area contributed by atoms with Crippen LogP contribution >= 0.6 is 0 Å². The minimum Gasteiger partial charge on any atom is -0.325 e. The van der Waals surface area contributed by atoms with Crippen molar-refractivity contribution in [2.24, 2.45) is 0 Å². The fourth-order valence-corrected chi connectivity index (χ4v) is 1.39. The number of carbonyl (C=O) groups excluding carboxylic acids is 1. The van der Waals surface area contributed by atoms with Crippen LogP contribution in [-0.4, -0.2) is 20.8 Å². The summed E-state index contributed by atoms with van der Waals surface area (Å²) in [5, 5.41) is 13.1. The number of hydrogen-bond donors (Lipinski definition) is 2. The number of aromatic amines is 1. The summed E-state index contributed by atoms with van der Waals surface area (Å²) in [6, 6.07) is 5.73. The molecule has 0 saturated carbocycles. The number of hydrogen-bond acceptors (Lipinski definition) is 5. The van der Waals surface area contributed by atoms with Crippen LogP contribution in [0.4, 0.5) is 11.4 Å². The Balaban J connectivity index is 2.26. The predicted molar refractivity (Wildman–Crippen MR) is 65.9 cm³/mol. The molecule has 0 atom stereocenters. The average molecular weight is 260 g/mol. The maximum atomic E-state index is 11.8. The van der Waals surface area contributed by atoms with E-state index < -0.39 is 16.4 Å². The number of nitrogens with one attached hydrogen (secondary N) is 2. The van der Waals surface area contributed by atoms with Gasteiger partial charge in [-0.15, -0.1) is 0 Å². The first-order valence-electron chi connectivity index (χ1n) is 5.17. The smallest absolute Gasteiger partial charge is 0.292 e. The first-order chi connectivity index (χ1) is 9.08. The van der Waals surface area contributed by atoms with Gasteiger partial charge in [-0.3, -0.25) is 19.7 Å².